The largest absolute Gasteiger partial charge is 0.376 e. The SMILES string of the molecule is O=c1[nH]c(=O)c2c([nH]1)=NC(O)(O)N=2. The summed E-state index contributed by atoms with van der Waals surface area (Å²) in [6, 6.07) is -2.65. The zero-order chi connectivity index (χ0) is 9.64. The summed E-state index contributed by atoms with van der Waals surface area (Å²) in [6.07, 6.45) is 0. The molecule has 0 radical (unpaired) electrons. The highest BCUT2D eigenvalue weighted by molar-refractivity contribution is 4.88. The molecular weight excluding hydrogens is 180 g/mol. The third kappa shape index (κ3) is 1.17. The first-order valence-corrected chi connectivity index (χ1v) is 3.25. The lowest BCUT2D eigenvalue weighted by molar-refractivity contribution is -0.146. The zero-order valence-corrected chi connectivity index (χ0v) is 6.11. The number of H-pyrrole nitrogens is 2. The van der Waals surface area contributed by atoms with E-state index in [1.54, 1.807) is 0 Å². The van der Waals surface area contributed by atoms with Crippen LogP contribution in [0.2, 0.25) is 0 Å². The summed E-state index contributed by atoms with van der Waals surface area (Å²) in [5.74, 6) is 0. The summed E-state index contributed by atoms with van der Waals surface area (Å²) in [6.45, 7) is 0. The third-order valence-corrected chi connectivity index (χ3v) is 1.42. The Morgan fingerprint density at radius 3 is 2.54 bits per heavy atom. The van der Waals surface area contributed by atoms with Gasteiger partial charge in [0.05, 0.1) is 0 Å². The van der Waals surface area contributed by atoms with Crippen LogP contribution in [-0.2, 0) is 0 Å². The lowest BCUT2D eigenvalue weighted by Crippen LogP contribution is -2.46. The van der Waals surface area contributed by atoms with Crippen molar-refractivity contribution in [2.45, 2.75) is 6.03 Å². The number of rotatable bonds is 0. The monoisotopic (exact) mass is 184 g/mol. The molecule has 0 amide bonds. The molecule has 0 aliphatic carbocycles. The molecule has 8 nitrogen and oxygen atoms in total. The smallest absolute Gasteiger partial charge is 0.328 e. The molecule has 2 heterocycles. The minimum Gasteiger partial charge on any atom is -0.328 e. The van der Waals surface area contributed by atoms with Gasteiger partial charge in [-0.15, -0.1) is 0 Å². The molecule has 0 atom stereocenters. The fraction of sp³-hybridized carbons (Fsp3) is 0.200. The Hall–Kier alpha value is -1.80. The molecule has 8 heteroatoms. The van der Waals surface area contributed by atoms with Gasteiger partial charge in [-0.05, 0) is 0 Å². The Morgan fingerprint density at radius 2 is 1.85 bits per heavy atom. The fourth-order valence-electron chi connectivity index (χ4n) is 0.977. The van der Waals surface area contributed by atoms with Crippen LogP contribution < -0.4 is 22.1 Å². The van der Waals surface area contributed by atoms with Gasteiger partial charge in [0, 0.05) is 0 Å². The Kier molecular flexibility index (Phi) is 1.27. The molecule has 1 aromatic rings. The first-order valence-electron chi connectivity index (χ1n) is 3.25. The van der Waals surface area contributed by atoms with Crippen LogP contribution in [0.1, 0.15) is 0 Å². The van der Waals surface area contributed by atoms with E-state index in [1.807, 2.05) is 4.98 Å². The Labute approximate surface area is 68.9 Å². The van der Waals surface area contributed by atoms with Gasteiger partial charge in [-0.3, -0.25) is 14.8 Å². The third-order valence-electron chi connectivity index (χ3n) is 1.42. The van der Waals surface area contributed by atoms with E-state index >= 15 is 0 Å². The number of fused-ring (bicyclic) bond motifs is 1. The van der Waals surface area contributed by atoms with Crippen LogP contribution in [0.5, 0.6) is 0 Å². The average molecular weight is 184 g/mol. The summed E-state index contributed by atoms with van der Waals surface area (Å²) < 4.78 is 0. The minimum absolute atomic E-state index is 0.237. The second-order valence-corrected chi connectivity index (χ2v) is 2.43. The van der Waals surface area contributed by atoms with Gasteiger partial charge in [-0.2, -0.15) is 9.98 Å². The molecule has 1 aliphatic heterocycles. The predicted octanol–water partition coefficient (Wildman–Crippen LogP) is -4.09. The van der Waals surface area contributed by atoms with Gasteiger partial charge in [-0.25, -0.2) is 4.79 Å². The maximum atomic E-state index is 11.0. The lowest BCUT2D eigenvalue weighted by atomic mass is 10.6. The highest BCUT2D eigenvalue weighted by atomic mass is 16.5. The van der Waals surface area contributed by atoms with Gasteiger partial charge in [-0.1, -0.05) is 0 Å². The van der Waals surface area contributed by atoms with Crippen molar-refractivity contribution in [1.82, 2.24) is 9.97 Å². The first-order chi connectivity index (χ1) is 5.98. The summed E-state index contributed by atoms with van der Waals surface area (Å²) in [5, 5.41) is 17.5. The van der Waals surface area contributed by atoms with Crippen LogP contribution in [0.4, 0.5) is 0 Å². The summed E-state index contributed by atoms with van der Waals surface area (Å²) >= 11 is 0. The normalized spacial score (nSPS) is 17.4. The fourth-order valence-corrected chi connectivity index (χ4v) is 0.977. The Balaban J connectivity index is 3.02. The standard InChI is InChI=1S/C5H4N4O4/c10-3-1-2(6-4(11)7-3)9-5(12,13)8-1/h12-13H,(H2,6,7,9,10,11). The molecule has 13 heavy (non-hydrogen) atoms. The zero-order valence-electron chi connectivity index (χ0n) is 6.11. The van der Waals surface area contributed by atoms with E-state index in [1.165, 1.54) is 0 Å². The first kappa shape index (κ1) is 7.83. The predicted molar refractivity (Wildman–Crippen MR) is 37.2 cm³/mol. The maximum Gasteiger partial charge on any atom is 0.376 e. The maximum absolute atomic E-state index is 11.0. The van der Waals surface area contributed by atoms with Crippen LogP contribution in [0.15, 0.2) is 19.6 Å². The second kappa shape index (κ2) is 2.12. The number of nitrogens with one attached hydrogen (secondary N) is 2. The number of aromatic nitrogens is 2. The van der Waals surface area contributed by atoms with Gasteiger partial charge in [0.1, 0.15) is 0 Å². The van der Waals surface area contributed by atoms with Crippen LogP contribution in [0, 0.1) is 0 Å². The molecule has 1 aromatic heterocycles. The molecular formula is C5H4N4O4. The molecule has 0 fully saturated rings. The quantitative estimate of drug-likeness (QED) is 0.305. The van der Waals surface area contributed by atoms with Crippen molar-refractivity contribution in [3.05, 3.63) is 31.7 Å². The summed E-state index contributed by atoms with van der Waals surface area (Å²) in [4.78, 5) is 31.9. The average Bonchev–Trinajstić information content (AvgIpc) is 2.23. The Bertz CT molecular complexity index is 580. The summed E-state index contributed by atoms with van der Waals surface area (Å²) in [7, 11) is 0. The number of hydrogen-bond donors (Lipinski definition) is 4. The van der Waals surface area contributed by atoms with E-state index in [-0.39, 0.29) is 10.8 Å². The van der Waals surface area contributed by atoms with Gasteiger partial charge >= 0.3 is 11.7 Å². The highest BCUT2D eigenvalue weighted by Crippen LogP contribution is 2.00. The van der Waals surface area contributed by atoms with Gasteiger partial charge < -0.3 is 10.2 Å². The van der Waals surface area contributed by atoms with E-state index in [0.29, 0.717) is 0 Å². The number of hydrogen-bond acceptors (Lipinski definition) is 6. The molecule has 0 bridgehead atoms. The Morgan fingerprint density at radius 1 is 1.15 bits per heavy atom. The van der Waals surface area contributed by atoms with Crippen LogP contribution >= 0.6 is 0 Å². The second-order valence-electron chi connectivity index (χ2n) is 2.43. The van der Waals surface area contributed by atoms with Crippen molar-refractivity contribution in [3.8, 4) is 0 Å². The number of nitrogens with zero attached hydrogens (tertiary/aromatic N) is 2. The molecule has 2 rings (SSSR count). The van der Waals surface area contributed by atoms with Crippen LogP contribution in [-0.4, -0.2) is 26.2 Å². The van der Waals surface area contributed by atoms with Crippen molar-refractivity contribution in [3.63, 3.8) is 0 Å². The van der Waals surface area contributed by atoms with E-state index in [9.17, 15) is 9.59 Å². The van der Waals surface area contributed by atoms with E-state index in [0.717, 1.165) is 0 Å². The van der Waals surface area contributed by atoms with Crippen molar-refractivity contribution >= 4 is 0 Å². The topological polar surface area (TPSA) is 131 Å². The molecule has 4 N–H and O–H groups in total. The molecule has 1 aliphatic rings. The van der Waals surface area contributed by atoms with Crippen molar-refractivity contribution in [1.29, 1.82) is 0 Å². The van der Waals surface area contributed by atoms with Crippen LogP contribution in [0.25, 0.3) is 0 Å². The number of aromatic amines is 2. The molecule has 0 saturated heterocycles. The number of aliphatic hydroxyl groups is 2. The van der Waals surface area contributed by atoms with E-state index in [4.69, 9.17) is 10.2 Å². The van der Waals surface area contributed by atoms with Crippen molar-refractivity contribution in [2.24, 2.45) is 9.98 Å². The summed E-state index contributed by atoms with van der Waals surface area (Å²) in [5.41, 5.74) is -1.83. The minimum atomic E-state index is -2.65. The van der Waals surface area contributed by atoms with Gasteiger partial charge in [0.15, 0.2) is 10.8 Å². The molecule has 0 saturated carbocycles. The van der Waals surface area contributed by atoms with E-state index < -0.39 is 17.3 Å². The van der Waals surface area contributed by atoms with Crippen molar-refractivity contribution < 1.29 is 10.2 Å². The molecule has 0 unspecified atom stereocenters. The molecule has 68 valence electrons. The van der Waals surface area contributed by atoms with E-state index in [2.05, 4.69) is 15.0 Å². The van der Waals surface area contributed by atoms with Crippen molar-refractivity contribution in [2.75, 3.05) is 0 Å². The molecule has 0 aromatic carbocycles. The van der Waals surface area contributed by atoms with Gasteiger partial charge in [0.2, 0.25) is 0 Å². The van der Waals surface area contributed by atoms with Gasteiger partial charge in [0.25, 0.3) is 5.56 Å². The lowest BCUT2D eigenvalue weighted by Gasteiger charge is -2.02. The van der Waals surface area contributed by atoms with Crippen LogP contribution in [0.3, 0.4) is 0 Å². The highest BCUT2D eigenvalue weighted by Gasteiger charge is 2.25. The molecule has 0 spiro atoms.